The Kier molecular flexibility index (Phi) is 3.48. The van der Waals surface area contributed by atoms with Crippen LogP contribution in [-0.4, -0.2) is 9.97 Å². The molecule has 0 saturated heterocycles. The lowest BCUT2D eigenvalue weighted by Crippen LogP contribution is -2.11. The summed E-state index contributed by atoms with van der Waals surface area (Å²) in [7, 11) is 0. The molecule has 1 aromatic carbocycles. The Bertz CT molecular complexity index is 601. The summed E-state index contributed by atoms with van der Waals surface area (Å²) in [5.41, 5.74) is 4.64. The van der Waals surface area contributed by atoms with E-state index in [1.165, 1.54) is 0 Å². The molecule has 0 radical (unpaired) electrons. The van der Waals surface area contributed by atoms with E-state index in [1.807, 2.05) is 0 Å². The lowest BCUT2D eigenvalue weighted by molar-refractivity contribution is -0.141. The lowest BCUT2D eigenvalue weighted by atomic mass is 10.3. The Morgan fingerprint density at radius 3 is 2.53 bits per heavy atom. The van der Waals surface area contributed by atoms with Crippen LogP contribution in [0.2, 0.25) is 5.02 Å². The predicted molar refractivity (Wildman–Crippen MR) is 66.2 cm³/mol. The van der Waals surface area contributed by atoms with Crippen molar-refractivity contribution in [2.24, 2.45) is 0 Å². The number of nitrogens with one attached hydrogen (secondary N) is 1. The summed E-state index contributed by atoms with van der Waals surface area (Å²) >= 11 is 5.77. The molecule has 0 bridgehead atoms. The molecule has 100 valence electrons. The van der Waals surface area contributed by atoms with Crippen molar-refractivity contribution in [2.75, 3.05) is 11.1 Å². The van der Waals surface area contributed by atoms with E-state index in [0.29, 0.717) is 10.7 Å². The molecule has 0 unspecified atom stereocenters. The number of hydrogen-bond donors (Lipinski definition) is 2. The minimum absolute atomic E-state index is 0.0536. The first-order chi connectivity index (χ1) is 8.84. The number of nitrogens with zero attached hydrogens (tertiary/aromatic N) is 2. The van der Waals surface area contributed by atoms with E-state index >= 15 is 0 Å². The van der Waals surface area contributed by atoms with Gasteiger partial charge in [-0.15, -0.1) is 0 Å². The topological polar surface area (TPSA) is 63.8 Å². The summed E-state index contributed by atoms with van der Waals surface area (Å²) in [4.78, 5) is 6.82. The molecule has 0 fully saturated rings. The Balaban J connectivity index is 2.33. The standard InChI is InChI=1S/C11H8ClF3N4/c12-6-2-1-3-7(4-6)17-9-5-8(11(13,14)15)18-10(16)19-9/h1-5H,(H3,16,17,18,19). The molecule has 2 aromatic rings. The number of aromatic nitrogens is 2. The molecule has 3 N–H and O–H groups in total. The van der Waals surface area contributed by atoms with E-state index in [0.717, 1.165) is 6.07 Å². The smallest absolute Gasteiger partial charge is 0.368 e. The van der Waals surface area contributed by atoms with E-state index in [9.17, 15) is 13.2 Å². The fraction of sp³-hybridized carbons (Fsp3) is 0.0909. The molecule has 0 aliphatic carbocycles. The zero-order valence-electron chi connectivity index (χ0n) is 9.37. The predicted octanol–water partition coefficient (Wildman–Crippen LogP) is 3.47. The summed E-state index contributed by atoms with van der Waals surface area (Å²) in [5.74, 6) is -0.513. The first-order valence-electron chi connectivity index (χ1n) is 5.09. The van der Waals surface area contributed by atoms with Gasteiger partial charge in [-0.2, -0.15) is 18.2 Å². The third-order valence-electron chi connectivity index (χ3n) is 2.13. The van der Waals surface area contributed by atoms with Crippen LogP contribution in [0.25, 0.3) is 0 Å². The maximum atomic E-state index is 12.6. The van der Waals surface area contributed by atoms with Crippen LogP contribution in [-0.2, 0) is 6.18 Å². The number of alkyl halides is 3. The Morgan fingerprint density at radius 2 is 1.89 bits per heavy atom. The average molecular weight is 289 g/mol. The summed E-state index contributed by atoms with van der Waals surface area (Å²) in [5, 5.41) is 3.13. The van der Waals surface area contributed by atoms with E-state index in [1.54, 1.807) is 24.3 Å². The normalized spacial score (nSPS) is 11.4. The van der Waals surface area contributed by atoms with E-state index in [4.69, 9.17) is 17.3 Å². The molecule has 0 saturated carbocycles. The number of nitrogen functional groups attached to an aromatic ring is 1. The van der Waals surface area contributed by atoms with Crippen LogP contribution >= 0.6 is 11.6 Å². The van der Waals surface area contributed by atoms with E-state index in [-0.39, 0.29) is 5.82 Å². The van der Waals surface area contributed by atoms with Crippen molar-refractivity contribution in [3.63, 3.8) is 0 Å². The monoisotopic (exact) mass is 288 g/mol. The average Bonchev–Trinajstić information content (AvgIpc) is 2.26. The van der Waals surface area contributed by atoms with Gasteiger partial charge in [0.05, 0.1) is 0 Å². The van der Waals surface area contributed by atoms with Crippen molar-refractivity contribution in [1.29, 1.82) is 0 Å². The van der Waals surface area contributed by atoms with Gasteiger partial charge < -0.3 is 11.1 Å². The third kappa shape index (κ3) is 3.47. The second-order valence-corrected chi connectivity index (χ2v) is 4.07. The molecule has 0 amide bonds. The molecule has 0 aliphatic rings. The van der Waals surface area contributed by atoms with Crippen LogP contribution in [0.3, 0.4) is 0 Å². The molecule has 8 heteroatoms. The van der Waals surface area contributed by atoms with Crippen molar-refractivity contribution in [3.8, 4) is 0 Å². The first kappa shape index (κ1) is 13.4. The summed E-state index contributed by atoms with van der Waals surface area (Å²) in [6.45, 7) is 0. The van der Waals surface area contributed by atoms with Crippen LogP contribution in [0.5, 0.6) is 0 Å². The Morgan fingerprint density at radius 1 is 1.16 bits per heavy atom. The number of hydrogen-bond acceptors (Lipinski definition) is 4. The first-order valence-corrected chi connectivity index (χ1v) is 5.47. The van der Waals surface area contributed by atoms with Gasteiger partial charge in [0, 0.05) is 16.8 Å². The van der Waals surface area contributed by atoms with E-state index in [2.05, 4.69) is 15.3 Å². The van der Waals surface area contributed by atoms with Gasteiger partial charge in [-0.05, 0) is 18.2 Å². The summed E-state index contributed by atoms with van der Waals surface area (Å²) in [6, 6.07) is 7.25. The van der Waals surface area contributed by atoms with Crippen LogP contribution < -0.4 is 11.1 Å². The fourth-order valence-electron chi connectivity index (χ4n) is 1.39. The summed E-state index contributed by atoms with van der Waals surface area (Å²) < 4.78 is 37.7. The van der Waals surface area contributed by atoms with Crippen LogP contribution in [0.15, 0.2) is 30.3 Å². The highest BCUT2D eigenvalue weighted by Crippen LogP contribution is 2.30. The Labute approximate surface area is 111 Å². The molecule has 19 heavy (non-hydrogen) atoms. The van der Waals surface area contributed by atoms with Crippen molar-refractivity contribution >= 4 is 29.1 Å². The number of anilines is 3. The molecular weight excluding hydrogens is 281 g/mol. The number of rotatable bonds is 2. The largest absolute Gasteiger partial charge is 0.433 e. The quantitative estimate of drug-likeness (QED) is 0.888. The van der Waals surface area contributed by atoms with Crippen molar-refractivity contribution < 1.29 is 13.2 Å². The Hall–Kier alpha value is -2.02. The highest BCUT2D eigenvalue weighted by Gasteiger charge is 2.33. The minimum Gasteiger partial charge on any atom is -0.368 e. The third-order valence-corrected chi connectivity index (χ3v) is 2.37. The molecule has 0 spiro atoms. The van der Waals surface area contributed by atoms with Gasteiger partial charge in [0.1, 0.15) is 5.82 Å². The fourth-order valence-corrected chi connectivity index (χ4v) is 1.58. The van der Waals surface area contributed by atoms with Gasteiger partial charge in [0.2, 0.25) is 5.95 Å². The number of benzene rings is 1. The molecule has 1 aromatic heterocycles. The van der Waals surface area contributed by atoms with Crippen molar-refractivity contribution in [2.45, 2.75) is 6.18 Å². The molecule has 0 atom stereocenters. The van der Waals surface area contributed by atoms with Crippen LogP contribution in [0.4, 0.5) is 30.6 Å². The van der Waals surface area contributed by atoms with Crippen molar-refractivity contribution in [3.05, 3.63) is 41.0 Å². The maximum absolute atomic E-state index is 12.6. The van der Waals surface area contributed by atoms with Crippen molar-refractivity contribution in [1.82, 2.24) is 9.97 Å². The van der Waals surface area contributed by atoms with Gasteiger partial charge in [0.15, 0.2) is 5.69 Å². The molecule has 4 nitrogen and oxygen atoms in total. The molecule has 0 aliphatic heterocycles. The maximum Gasteiger partial charge on any atom is 0.433 e. The number of nitrogens with two attached hydrogens (primary N) is 1. The molecular formula is C11H8ClF3N4. The molecule has 2 rings (SSSR count). The SMILES string of the molecule is Nc1nc(Nc2cccc(Cl)c2)cc(C(F)(F)F)n1. The molecule has 1 heterocycles. The second kappa shape index (κ2) is 4.93. The van der Waals surface area contributed by atoms with Gasteiger partial charge in [0.25, 0.3) is 0 Å². The van der Waals surface area contributed by atoms with Gasteiger partial charge in [-0.1, -0.05) is 17.7 Å². The number of halogens is 4. The zero-order valence-corrected chi connectivity index (χ0v) is 10.1. The highest BCUT2D eigenvalue weighted by molar-refractivity contribution is 6.30. The minimum atomic E-state index is -4.58. The van der Waals surface area contributed by atoms with Gasteiger partial charge in [-0.25, -0.2) is 4.98 Å². The van der Waals surface area contributed by atoms with Crippen LogP contribution in [0.1, 0.15) is 5.69 Å². The van der Waals surface area contributed by atoms with Gasteiger partial charge >= 0.3 is 6.18 Å². The van der Waals surface area contributed by atoms with Gasteiger partial charge in [-0.3, -0.25) is 0 Å². The highest BCUT2D eigenvalue weighted by atomic mass is 35.5. The lowest BCUT2D eigenvalue weighted by Gasteiger charge is -2.10. The summed E-state index contributed by atoms with van der Waals surface area (Å²) in [6.07, 6.45) is -4.58. The van der Waals surface area contributed by atoms with Crippen LogP contribution in [0, 0.1) is 0 Å². The zero-order chi connectivity index (χ0) is 14.0. The van der Waals surface area contributed by atoms with E-state index < -0.39 is 17.8 Å². The second-order valence-electron chi connectivity index (χ2n) is 3.63.